The first-order valence-corrected chi connectivity index (χ1v) is 17.8. The largest absolute Gasteiger partial charge is 0.385 e. The van der Waals surface area contributed by atoms with Gasteiger partial charge < -0.3 is 24.6 Å². The molecule has 6 atom stereocenters. The highest BCUT2D eigenvalue weighted by Gasteiger charge is 2.64. The van der Waals surface area contributed by atoms with Crippen LogP contribution in [0.1, 0.15) is 129 Å². The summed E-state index contributed by atoms with van der Waals surface area (Å²) >= 11 is 0. The first-order valence-electron chi connectivity index (χ1n) is 17.8. The fraction of sp³-hybridized carbons (Fsp3) is 0.892. The summed E-state index contributed by atoms with van der Waals surface area (Å²) in [5.74, 6) is 7.83. The van der Waals surface area contributed by atoms with Gasteiger partial charge in [-0.1, -0.05) is 37.7 Å². The molecule has 5 nitrogen and oxygen atoms in total. The van der Waals surface area contributed by atoms with Crippen LogP contribution >= 0.6 is 0 Å². The number of rotatable bonds is 3. The highest BCUT2D eigenvalue weighted by Crippen LogP contribution is 2.67. The van der Waals surface area contributed by atoms with Gasteiger partial charge in [-0.05, 0) is 127 Å². The van der Waals surface area contributed by atoms with Crippen molar-refractivity contribution in [3.63, 3.8) is 0 Å². The van der Waals surface area contributed by atoms with Crippen molar-refractivity contribution in [1.82, 2.24) is 4.90 Å². The monoisotopic (exact) mass is 579 g/mol. The van der Waals surface area contributed by atoms with Crippen molar-refractivity contribution in [2.75, 3.05) is 20.3 Å². The molecule has 7 rings (SSSR count). The number of allylic oxidation sites excluding steroid dienone is 1. The Hall–Kier alpha value is -0.900. The Bertz CT molecular complexity index is 1100. The number of hydrogen-bond donors (Lipinski definition) is 2. The van der Waals surface area contributed by atoms with E-state index in [0.717, 1.165) is 57.4 Å². The van der Waals surface area contributed by atoms with Gasteiger partial charge in [0.25, 0.3) is 0 Å². The lowest BCUT2D eigenvalue weighted by Crippen LogP contribution is -2.53. The van der Waals surface area contributed by atoms with Crippen molar-refractivity contribution < 1.29 is 19.7 Å². The lowest BCUT2D eigenvalue weighted by Gasteiger charge is -2.55. The molecular formula is C37H57NO4. The average molecular weight is 580 g/mol. The normalized spacial score (nSPS) is 45.6. The van der Waals surface area contributed by atoms with Crippen LogP contribution in [0.3, 0.4) is 0 Å². The van der Waals surface area contributed by atoms with Crippen LogP contribution < -0.4 is 0 Å². The summed E-state index contributed by atoms with van der Waals surface area (Å²) < 4.78 is 12.4. The molecule has 0 aromatic carbocycles. The Morgan fingerprint density at radius 2 is 1.52 bits per heavy atom. The van der Waals surface area contributed by atoms with Gasteiger partial charge in [-0.3, -0.25) is 0 Å². The van der Waals surface area contributed by atoms with E-state index in [0.29, 0.717) is 49.3 Å². The molecule has 7 aliphatic rings. The van der Waals surface area contributed by atoms with Crippen LogP contribution in [0.2, 0.25) is 0 Å². The summed E-state index contributed by atoms with van der Waals surface area (Å²) in [7, 11) is 2.41. The summed E-state index contributed by atoms with van der Waals surface area (Å²) in [6.07, 6.45) is 20.2. The first kappa shape index (κ1) is 29.8. The van der Waals surface area contributed by atoms with Crippen LogP contribution in [0, 0.1) is 40.9 Å². The number of nitrogens with zero attached hydrogens (tertiary/aromatic N) is 1. The molecule has 2 N–H and O–H groups in total. The predicted octanol–water partition coefficient (Wildman–Crippen LogP) is 6.76. The zero-order valence-electron chi connectivity index (χ0n) is 26.8. The van der Waals surface area contributed by atoms with Gasteiger partial charge in [0, 0.05) is 30.3 Å². The standard InChI is InChI=1S/C37H57NO4/c1-4-18-36(40)20-16-31-29-11-8-19-35(39)25-37(41-22-23-42-37)21-17-32(35)33(29)30(24-34(31,36)2)26-12-14-28(15-13-26)38(3)27-9-6-5-7-10-27/h26-31,39-40H,5-17,19-25H2,1-3H3/t26?,28?,29?,30?,31?,34?,35-,36?/m1/s1. The number of aliphatic hydroxyl groups is 2. The van der Waals surface area contributed by atoms with Crippen LogP contribution in [0.5, 0.6) is 0 Å². The van der Waals surface area contributed by atoms with Gasteiger partial charge in [0.15, 0.2) is 5.79 Å². The van der Waals surface area contributed by atoms with Crippen molar-refractivity contribution in [1.29, 1.82) is 0 Å². The highest BCUT2D eigenvalue weighted by atomic mass is 16.7. The fourth-order valence-corrected chi connectivity index (χ4v) is 11.8. The molecule has 42 heavy (non-hydrogen) atoms. The second-order valence-corrected chi connectivity index (χ2v) is 15.9. The Morgan fingerprint density at radius 1 is 0.810 bits per heavy atom. The third-order valence-electron chi connectivity index (χ3n) is 14.0. The van der Waals surface area contributed by atoms with Crippen molar-refractivity contribution in [2.45, 2.75) is 158 Å². The van der Waals surface area contributed by atoms with E-state index in [9.17, 15) is 10.2 Å². The van der Waals surface area contributed by atoms with Crippen molar-refractivity contribution in [2.24, 2.45) is 29.1 Å². The Kier molecular flexibility index (Phi) is 7.92. The summed E-state index contributed by atoms with van der Waals surface area (Å²) in [5, 5.41) is 24.6. The maximum atomic E-state index is 12.5. The van der Waals surface area contributed by atoms with Crippen molar-refractivity contribution in [3.8, 4) is 11.8 Å². The van der Waals surface area contributed by atoms with Crippen molar-refractivity contribution >= 4 is 0 Å². The molecule has 1 saturated heterocycles. The lowest BCUT2D eigenvalue weighted by atomic mass is 9.51. The average Bonchev–Trinajstić information content (AvgIpc) is 3.49. The molecule has 5 heteroatoms. The van der Waals surface area contributed by atoms with E-state index < -0.39 is 17.0 Å². The summed E-state index contributed by atoms with van der Waals surface area (Å²) in [4.78, 5) is 2.76. The molecule has 234 valence electrons. The van der Waals surface area contributed by atoms with Gasteiger partial charge in [-0.2, -0.15) is 0 Å². The molecule has 6 aliphatic carbocycles. The van der Waals surface area contributed by atoms with E-state index in [1.54, 1.807) is 5.57 Å². The molecule has 1 heterocycles. The van der Waals surface area contributed by atoms with E-state index in [4.69, 9.17) is 9.47 Å². The third kappa shape index (κ3) is 4.77. The van der Waals surface area contributed by atoms with Gasteiger partial charge in [0.1, 0.15) is 5.60 Å². The first-order chi connectivity index (χ1) is 20.2. The molecule has 1 spiro atoms. The van der Waals surface area contributed by atoms with Gasteiger partial charge in [0.2, 0.25) is 0 Å². The topological polar surface area (TPSA) is 62.2 Å². The van der Waals surface area contributed by atoms with E-state index in [1.807, 2.05) is 6.92 Å². The summed E-state index contributed by atoms with van der Waals surface area (Å²) in [6.45, 7) is 5.56. The van der Waals surface area contributed by atoms with Crippen LogP contribution in [0.15, 0.2) is 11.1 Å². The quantitative estimate of drug-likeness (QED) is 0.286. The molecule has 1 aliphatic heterocycles. The molecule has 6 fully saturated rings. The van der Waals surface area contributed by atoms with Crippen LogP contribution in [-0.4, -0.2) is 64.4 Å². The number of hydrogen-bond acceptors (Lipinski definition) is 5. The van der Waals surface area contributed by atoms with Gasteiger partial charge in [0.05, 0.1) is 18.8 Å². The smallest absolute Gasteiger partial charge is 0.171 e. The van der Waals surface area contributed by atoms with Gasteiger partial charge >= 0.3 is 0 Å². The zero-order valence-corrected chi connectivity index (χ0v) is 26.8. The molecule has 0 aromatic heterocycles. The fourth-order valence-electron chi connectivity index (χ4n) is 11.8. The Balaban J connectivity index is 1.22. The second-order valence-electron chi connectivity index (χ2n) is 15.9. The zero-order chi connectivity index (χ0) is 29.2. The Morgan fingerprint density at radius 3 is 2.24 bits per heavy atom. The lowest BCUT2D eigenvalue weighted by molar-refractivity contribution is -0.205. The molecule has 5 unspecified atom stereocenters. The maximum Gasteiger partial charge on any atom is 0.171 e. The van der Waals surface area contributed by atoms with Gasteiger partial charge in [-0.15, -0.1) is 5.92 Å². The SMILES string of the molecule is CC#CC1(O)CCC2C3CCC[C@@]4(O)CC5(CCC4=C3C(C3CCC(N(C)C4CCCCC4)CC3)CC21C)OCCO5. The second kappa shape index (κ2) is 11.2. The summed E-state index contributed by atoms with van der Waals surface area (Å²) in [5.41, 5.74) is 1.07. The minimum Gasteiger partial charge on any atom is -0.385 e. The highest BCUT2D eigenvalue weighted by molar-refractivity contribution is 5.38. The molecule has 0 amide bonds. The van der Waals surface area contributed by atoms with Crippen LogP contribution in [-0.2, 0) is 9.47 Å². The maximum absolute atomic E-state index is 12.5. The number of ether oxygens (including phenoxy) is 2. The van der Waals surface area contributed by atoms with Crippen LogP contribution in [0.4, 0.5) is 0 Å². The molecule has 0 radical (unpaired) electrons. The minimum absolute atomic E-state index is 0.193. The van der Waals surface area contributed by atoms with Crippen LogP contribution in [0.25, 0.3) is 0 Å². The number of fused-ring (bicyclic) bond motifs is 4. The summed E-state index contributed by atoms with van der Waals surface area (Å²) in [6, 6.07) is 1.48. The minimum atomic E-state index is -0.899. The van der Waals surface area contributed by atoms with E-state index in [2.05, 4.69) is 30.7 Å². The Labute approximate surface area is 255 Å². The molecule has 0 bridgehead atoms. The van der Waals surface area contributed by atoms with E-state index in [1.165, 1.54) is 63.4 Å². The van der Waals surface area contributed by atoms with E-state index in [-0.39, 0.29) is 5.41 Å². The molecule has 0 aromatic rings. The molecule has 5 saturated carbocycles. The van der Waals surface area contributed by atoms with E-state index >= 15 is 0 Å². The van der Waals surface area contributed by atoms with Gasteiger partial charge in [-0.25, -0.2) is 0 Å². The third-order valence-corrected chi connectivity index (χ3v) is 14.0. The molecular weight excluding hydrogens is 522 g/mol. The predicted molar refractivity (Wildman–Crippen MR) is 166 cm³/mol. The van der Waals surface area contributed by atoms with Crippen molar-refractivity contribution in [3.05, 3.63) is 11.1 Å².